The molecule has 0 bridgehead atoms. The summed E-state index contributed by atoms with van der Waals surface area (Å²) in [7, 11) is -3.43. The molecule has 2 heterocycles. The Kier molecular flexibility index (Phi) is 5.84. The normalized spacial score (nSPS) is 21.4. The van der Waals surface area contributed by atoms with Gasteiger partial charge in [-0.05, 0) is 19.1 Å². The summed E-state index contributed by atoms with van der Waals surface area (Å²) in [6.45, 7) is 4.52. The van der Waals surface area contributed by atoms with Gasteiger partial charge in [-0.15, -0.1) is 11.8 Å². The fourth-order valence-corrected chi connectivity index (χ4v) is 5.02. The number of rotatable bonds is 6. The Bertz CT molecular complexity index is 633. The van der Waals surface area contributed by atoms with Gasteiger partial charge in [0, 0.05) is 43.1 Å². The van der Waals surface area contributed by atoms with Crippen molar-refractivity contribution in [3.05, 3.63) is 29.8 Å². The van der Waals surface area contributed by atoms with E-state index < -0.39 is 16.0 Å². The number of nitrogens with zero attached hydrogens (tertiary/aromatic N) is 1. The van der Waals surface area contributed by atoms with Crippen LogP contribution >= 0.6 is 11.8 Å². The minimum Gasteiger partial charge on any atom is -0.347 e. The second-order valence-corrected chi connectivity index (χ2v) is 8.99. The number of ether oxygens (including phenoxy) is 2. The van der Waals surface area contributed by atoms with Gasteiger partial charge in [-0.1, -0.05) is 17.7 Å². The molecule has 0 aliphatic carbocycles. The summed E-state index contributed by atoms with van der Waals surface area (Å²) in [5.41, 5.74) is 1.22. The molecule has 0 radical (unpaired) electrons. The minimum absolute atomic E-state index is 0.412. The zero-order valence-electron chi connectivity index (χ0n) is 13.9. The van der Waals surface area contributed by atoms with E-state index in [9.17, 15) is 8.42 Å². The third kappa shape index (κ3) is 4.50. The maximum absolute atomic E-state index is 12.4. The molecule has 1 spiro atoms. The molecule has 2 aliphatic rings. The highest BCUT2D eigenvalue weighted by atomic mass is 32.2. The van der Waals surface area contributed by atoms with Gasteiger partial charge in [-0.25, -0.2) is 4.72 Å². The molecule has 6 nitrogen and oxygen atoms in total. The number of aryl methyl sites for hydroxylation is 1. The van der Waals surface area contributed by atoms with Crippen LogP contribution in [0.5, 0.6) is 0 Å². The molecule has 0 unspecified atom stereocenters. The van der Waals surface area contributed by atoms with Crippen molar-refractivity contribution in [3.8, 4) is 0 Å². The predicted octanol–water partition coefficient (Wildman–Crippen LogP) is 1.76. The molecule has 0 atom stereocenters. The molecule has 2 saturated heterocycles. The molecule has 3 rings (SSSR count). The van der Waals surface area contributed by atoms with Crippen LogP contribution in [0.2, 0.25) is 0 Å². The number of nitrogens with one attached hydrogen (secondary N) is 1. The zero-order chi connectivity index (χ0) is 17.0. The highest BCUT2D eigenvalue weighted by Gasteiger charge is 2.42. The molecule has 24 heavy (non-hydrogen) atoms. The highest BCUT2D eigenvalue weighted by molar-refractivity contribution is 7.99. The van der Waals surface area contributed by atoms with Gasteiger partial charge in [0.2, 0.25) is 0 Å². The van der Waals surface area contributed by atoms with Gasteiger partial charge in [-0.3, -0.25) is 0 Å². The Morgan fingerprint density at radius 1 is 1.17 bits per heavy atom. The van der Waals surface area contributed by atoms with E-state index in [-0.39, 0.29) is 0 Å². The van der Waals surface area contributed by atoms with E-state index in [1.165, 1.54) is 9.87 Å². The first kappa shape index (κ1) is 18.2. The molecule has 2 fully saturated rings. The van der Waals surface area contributed by atoms with E-state index in [2.05, 4.69) is 29.0 Å². The minimum atomic E-state index is -3.43. The van der Waals surface area contributed by atoms with Crippen LogP contribution in [-0.2, 0) is 19.7 Å². The second-order valence-electron chi connectivity index (χ2n) is 6.07. The van der Waals surface area contributed by atoms with E-state index >= 15 is 0 Å². The Morgan fingerprint density at radius 2 is 1.79 bits per heavy atom. The SMILES string of the molecule is Cc1ccc(SCCNS(=O)(=O)N2CCC3(CC2)OCCO3)cc1. The fraction of sp³-hybridized carbons (Fsp3) is 0.625. The summed E-state index contributed by atoms with van der Waals surface area (Å²) < 4.78 is 40.2. The van der Waals surface area contributed by atoms with Crippen molar-refractivity contribution in [2.24, 2.45) is 0 Å². The van der Waals surface area contributed by atoms with Gasteiger partial charge >= 0.3 is 0 Å². The van der Waals surface area contributed by atoms with Crippen LogP contribution in [-0.4, -0.2) is 57.1 Å². The van der Waals surface area contributed by atoms with Crippen LogP contribution in [0.3, 0.4) is 0 Å². The van der Waals surface area contributed by atoms with Crippen LogP contribution in [0.25, 0.3) is 0 Å². The van der Waals surface area contributed by atoms with Crippen molar-refractivity contribution in [2.75, 3.05) is 38.6 Å². The van der Waals surface area contributed by atoms with Crippen LogP contribution in [0, 0.1) is 6.92 Å². The zero-order valence-corrected chi connectivity index (χ0v) is 15.5. The van der Waals surface area contributed by atoms with Gasteiger partial charge in [0.05, 0.1) is 13.2 Å². The Morgan fingerprint density at radius 3 is 2.42 bits per heavy atom. The van der Waals surface area contributed by atoms with Crippen molar-refractivity contribution < 1.29 is 17.9 Å². The number of hydrogen-bond donors (Lipinski definition) is 1. The third-order valence-corrected chi connectivity index (χ3v) is 6.94. The molecule has 0 amide bonds. The maximum Gasteiger partial charge on any atom is 0.279 e. The van der Waals surface area contributed by atoms with Gasteiger partial charge < -0.3 is 9.47 Å². The molecule has 8 heteroatoms. The lowest BCUT2D eigenvalue weighted by atomic mass is 10.1. The molecule has 1 aromatic carbocycles. The Labute approximate surface area is 148 Å². The molecule has 0 aromatic heterocycles. The van der Waals surface area contributed by atoms with E-state index in [1.807, 2.05) is 6.92 Å². The highest BCUT2D eigenvalue weighted by Crippen LogP contribution is 2.31. The number of hydrogen-bond acceptors (Lipinski definition) is 5. The molecular formula is C16H24N2O4S2. The molecule has 1 N–H and O–H groups in total. The largest absolute Gasteiger partial charge is 0.347 e. The lowest BCUT2D eigenvalue weighted by Crippen LogP contribution is -2.50. The third-order valence-electron chi connectivity index (χ3n) is 4.31. The average Bonchev–Trinajstić information content (AvgIpc) is 3.02. The lowest BCUT2D eigenvalue weighted by molar-refractivity contribution is -0.179. The van der Waals surface area contributed by atoms with Gasteiger partial charge in [0.1, 0.15) is 0 Å². The summed E-state index contributed by atoms with van der Waals surface area (Å²) in [5.74, 6) is 0.152. The predicted molar refractivity (Wildman–Crippen MR) is 94.3 cm³/mol. The standard InChI is InChI=1S/C16H24N2O4S2/c1-14-2-4-15(5-3-14)23-13-8-17-24(19,20)18-9-6-16(7-10-18)21-11-12-22-16/h2-5,17H,6-13H2,1H3. The van der Waals surface area contributed by atoms with Crippen molar-refractivity contribution in [3.63, 3.8) is 0 Å². The Hall–Kier alpha value is -0.640. The number of thioether (sulfide) groups is 1. The maximum atomic E-state index is 12.4. The molecule has 2 aliphatic heterocycles. The second kappa shape index (κ2) is 7.72. The monoisotopic (exact) mass is 372 g/mol. The summed E-state index contributed by atoms with van der Waals surface area (Å²) in [6.07, 6.45) is 1.18. The lowest BCUT2D eigenvalue weighted by Gasteiger charge is -2.36. The van der Waals surface area contributed by atoms with E-state index in [0.29, 0.717) is 51.4 Å². The number of benzene rings is 1. The first-order valence-electron chi connectivity index (χ1n) is 8.21. The van der Waals surface area contributed by atoms with Crippen molar-refractivity contribution in [2.45, 2.75) is 30.4 Å². The van der Waals surface area contributed by atoms with E-state index in [1.54, 1.807) is 11.8 Å². The van der Waals surface area contributed by atoms with Crippen LogP contribution in [0.1, 0.15) is 18.4 Å². The summed E-state index contributed by atoms with van der Waals surface area (Å²) in [5, 5.41) is 0. The van der Waals surface area contributed by atoms with Gasteiger partial charge in [0.15, 0.2) is 5.79 Å². The first-order chi connectivity index (χ1) is 11.5. The quantitative estimate of drug-likeness (QED) is 0.609. The van der Waals surface area contributed by atoms with Gasteiger partial charge in [0.25, 0.3) is 10.2 Å². The van der Waals surface area contributed by atoms with Crippen molar-refractivity contribution >= 4 is 22.0 Å². The summed E-state index contributed by atoms with van der Waals surface area (Å²) >= 11 is 1.65. The van der Waals surface area contributed by atoms with Crippen LogP contribution in [0.4, 0.5) is 0 Å². The van der Waals surface area contributed by atoms with Gasteiger partial charge in [-0.2, -0.15) is 12.7 Å². The summed E-state index contributed by atoms with van der Waals surface area (Å²) in [6, 6.07) is 8.23. The van der Waals surface area contributed by atoms with Crippen molar-refractivity contribution in [1.82, 2.24) is 9.03 Å². The molecule has 0 saturated carbocycles. The first-order valence-corrected chi connectivity index (χ1v) is 10.6. The molecule has 1 aromatic rings. The Balaban J connectivity index is 1.42. The van der Waals surface area contributed by atoms with Crippen molar-refractivity contribution in [1.29, 1.82) is 0 Å². The molecule has 134 valence electrons. The van der Waals surface area contributed by atoms with Crippen LogP contribution in [0.15, 0.2) is 29.2 Å². The van der Waals surface area contributed by atoms with E-state index in [4.69, 9.17) is 9.47 Å². The summed E-state index contributed by atoms with van der Waals surface area (Å²) in [4.78, 5) is 1.15. The smallest absolute Gasteiger partial charge is 0.279 e. The van der Waals surface area contributed by atoms with Crippen LogP contribution < -0.4 is 4.72 Å². The fourth-order valence-electron chi connectivity index (χ4n) is 2.92. The number of piperidine rings is 1. The molecular weight excluding hydrogens is 348 g/mol. The average molecular weight is 373 g/mol. The topological polar surface area (TPSA) is 67.9 Å². The van der Waals surface area contributed by atoms with E-state index in [0.717, 1.165) is 4.90 Å².